The molecule has 3 atom stereocenters. The zero-order valence-electron chi connectivity index (χ0n) is 17.2. The number of hydrogen-bond donors (Lipinski definition) is 2. The van der Waals surface area contributed by atoms with E-state index in [0.717, 1.165) is 22.4 Å². The highest BCUT2D eigenvalue weighted by atomic mass is 16.5. The van der Waals surface area contributed by atoms with Crippen LogP contribution in [0.15, 0.2) is 60.7 Å². The van der Waals surface area contributed by atoms with Gasteiger partial charge in [0.2, 0.25) is 5.88 Å². The molecule has 0 saturated carbocycles. The molecule has 1 aliphatic carbocycles. The molecule has 30 heavy (non-hydrogen) atoms. The van der Waals surface area contributed by atoms with Crippen molar-refractivity contribution in [2.24, 2.45) is 5.92 Å². The Bertz CT molecular complexity index is 999. The van der Waals surface area contributed by atoms with Crippen molar-refractivity contribution < 1.29 is 19.4 Å². The van der Waals surface area contributed by atoms with E-state index in [-0.39, 0.29) is 13.0 Å². The summed E-state index contributed by atoms with van der Waals surface area (Å²) in [6.45, 7) is 4.06. The summed E-state index contributed by atoms with van der Waals surface area (Å²) in [7, 11) is 0. The first-order chi connectivity index (χ1) is 14.5. The fourth-order valence-electron chi connectivity index (χ4n) is 4.29. The van der Waals surface area contributed by atoms with Crippen molar-refractivity contribution in [2.75, 3.05) is 6.61 Å². The Balaban J connectivity index is 1.77. The molecule has 0 fully saturated rings. The van der Waals surface area contributed by atoms with Crippen LogP contribution in [0.2, 0.25) is 0 Å². The molecule has 0 unspecified atom stereocenters. The second kappa shape index (κ2) is 8.32. The quantitative estimate of drug-likeness (QED) is 0.611. The van der Waals surface area contributed by atoms with Crippen molar-refractivity contribution in [1.82, 2.24) is 10.2 Å². The second-order valence-electron chi connectivity index (χ2n) is 7.85. The molecular weight excluding hydrogens is 380 g/mol. The number of hydrogen-bond acceptors (Lipinski definition) is 5. The summed E-state index contributed by atoms with van der Waals surface area (Å²) >= 11 is 0. The number of aliphatic hydroxyl groups is 1. The SMILES string of the molecule is CCOC(=O)[C@@H]1[C@@H](c2ccccc2)c2c(OCc3ccccc3)n[nH]c2C[C@]1(C)O. The molecule has 156 valence electrons. The average Bonchev–Trinajstić information content (AvgIpc) is 3.13. The predicted molar refractivity (Wildman–Crippen MR) is 112 cm³/mol. The first kappa shape index (κ1) is 20.2. The summed E-state index contributed by atoms with van der Waals surface area (Å²) in [4.78, 5) is 13.0. The zero-order valence-corrected chi connectivity index (χ0v) is 17.2. The number of nitrogens with zero attached hydrogens (tertiary/aromatic N) is 1. The van der Waals surface area contributed by atoms with Crippen molar-refractivity contribution in [1.29, 1.82) is 0 Å². The fourth-order valence-corrected chi connectivity index (χ4v) is 4.29. The minimum absolute atomic E-state index is 0.253. The lowest BCUT2D eigenvalue weighted by molar-refractivity contribution is -0.159. The summed E-state index contributed by atoms with van der Waals surface area (Å²) in [5.74, 6) is -1.18. The first-order valence-corrected chi connectivity index (χ1v) is 10.2. The van der Waals surface area contributed by atoms with Crippen molar-refractivity contribution >= 4 is 5.97 Å². The Morgan fingerprint density at radius 2 is 1.83 bits per heavy atom. The van der Waals surface area contributed by atoms with Gasteiger partial charge in [-0.05, 0) is 25.0 Å². The van der Waals surface area contributed by atoms with Gasteiger partial charge in [0.05, 0.1) is 18.1 Å². The number of rotatable bonds is 6. The molecule has 3 aromatic rings. The summed E-state index contributed by atoms with van der Waals surface area (Å²) < 4.78 is 11.4. The number of fused-ring (bicyclic) bond motifs is 1. The van der Waals surface area contributed by atoms with Gasteiger partial charge in [-0.15, -0.1) is 5.10 Å². The minimum Gasteiger partial charge on any atom is -0.472 e. The highest BCUT2D eigenvalue weighted by Crippen LogP contribution is 2.48. The number of carbonyl (C=O) groups is 1. The standard InChI is InChI=1S/C24H26N2O4/c1-3-29-23(27)21-19(17-12-8-5-9-13-17)20-18(14-24(21,2)28)25-26-22(20)30-15-16-10-6-4-7-11-16/h4-13,19,21,28H,3,14-15H2,1-2H3,(H,25,26)/t19-,21-,24-/m0/s1. The lowest BCUT2D eigenvalue weighted by Gasteiger charge is -2.40. The number of benzene rings is 2. The molecule has 1 heterocycles. The van der Waals surface area contributed by atoms with Gasteiger partial charge >= 0.3 is 5.97 Å². The van der Waals surface area contributed by atoms with Crippen molar-refractivity contribution in [3.05, 3.63) is 83.0 Å². The lowest BCUT2D eigenvalue weighted by atomic mass is 9.66. The number of nitrogens with one attached hydrogen (secondary N) is 1. The van der Waals surface area contributed by atoms with E-state index in [2.05, 4.69) is 10.2 Å². The number of carbonyl (C=O) groups excluding carboxylic acids is 1. The van der Waals surface area contributed by atoms with E-state index in [0.29, 0.717) is 12.5 Å². The number of aromatic nitrogens is 2. The molecule has 0 aliphatic heterocycles. The number of H-pyrrole nitrogens is 1. The van der Waals surface area contributed by atoms with Crippen molar-refractivity contribution in [2.45, 2.75) is 38.4 Å². The molecule has 4 rings (SSSR count). The van der Waals surface area contributed by atoms with Gasteiger partial charge in [-0.3, -0.25) is 9.89 Å². The summed E-state index contributed by atoms with van der Waals surface area (Å²) in [6, 6.07) is 19.5. The maximum atomic E-state index is 13.0. The number of esters is 1. The third-order valence-electron chi connectivity index (χ3n) is 5.61. The van der Waals surface area contributed by atoms with Crippen LogP contribution >= 0.6 is 0 Å². The van der Waals surface area contributed by atoms with E-state index in [1.165, 1.54) is 0 Å². The Morgan fingerprint density at radius 1 is 1.17 bits per heavy atom. The van der Waals surface area contributed by atoms with Gasteiger partial charge in [0.1, 0.15) is 6.61 Å². The third-order valence-corrected chi connectivity index (χ3v) is 5.61. The second-order valence-corrected chi connectivity index (χ2v) is 7.85. The molecule has 1 aliphatic rings. The van der Waals surface area contributed by atoms with Crippen LogP contribution in [0.25, 0.3) is 0 Å². The smallest absolute Gasteiger partial charge is 0.312 e. The highest BCUT2D eigenvalue weighted by molar-refractivity contribution is 5.77. The van der Waals surface area contributed by atoms with Gasteiger partial charge in [0.15, 0.2) is 0 Å². The Kier molecular flexibility index (Phi) is 5.59. The maximum Gasteiger partial charge on any atom is 0.312 e. The molecule has 6 heteroatoms. The molecule has 1 aromatic heterocycles. The van der Waals surface area contributed by atoms with E-state index in [1.807, 2.05) is 60.7 Å². The van der Waals surface area contributed by atoms with Crippen LogP contribution in [0.4, 0.5) is 0 Å². The van der Waals surface area contributed by atoms with Gasteiger partial charge in [-0.1, -0.05) is 60.7 Å². The van der Waals surface area contributed by atoms with Crippen LogP contribution in [-0.4, -0.2) is 33.5 Å². The van der Waals surface area contributed by atoms with E-state index < -0.39 is 23.4 Å². The molecule has 0 bridgehead atoms. The normalized spacial score (nSPS) is 22.9. The fraction of sp³-hybridized carbons (Fsp3) is 0.333. The Labute approximate surface area is 175 Å². The number of aromatic amines is 1. The molecule has 0 amide bonds. The predicted octanol–water partition coefficient (Wildman–Crippen LogP) is 3.61. The van der Waals surface area contributed by atoms with Gasteiger partial charge in [0.25, 0.3) is 0 Å². The molecule has 6 nitrogen and oxygen atoms in total. The van der Waals surface area contributed by atoms with Gasteiger partial charge < -0.3 is 14.6 Å². The van der Waals surface area contributed by atoms with E-state index in [1.54, 1.807) is 13.8 Å². The van der Waals surface area contributed by atoms with E-state index in [4.69, 9.17) is 9.47 Å². The van der Waals surface area contributed by atoms with Gasteiger partial charge in [0, 0.05) is 23.6 Å². The highest BCUT2D eigenvalue weighted by Gasteiger charge is 2.51. The summed E-state index contributed by atoms with van der Waals surface area (Å²) in [5.41, 5.74) is 2.22. The van der Waals surface area contributed by atoms with Crippen molar-refractivity contribution in [3.63, 3.8) is 0 Å². The van der Waals surface area contributed by atoms with Gasteiger partial charge in [-0.2, -0.15) is 0 Å². The lowest BCUT2D eigenvalue weighted by Crippen LogP contribution is -2.49. The topological polar surface area (TPSA) is 84.4 Å². The van der Waals surface area contributed by atoms with E-state index in [9.17, 15) is 9.90 Å². The largest absolute Gasteiger partial charge is 0.472 e. The van der Waals surface area contributed by atoms with Crippen LogP contribution in [0.1, 0.15) is 42.1 Å². The monoisotopic (exact) mass is 406 g/mol. The van der Waals surface area contributed by atoms with Crippen LogP contribution < -0.4 is 4.74 Å². The average molecular weight is 406 g/mol. The van der Waals surface area contributed by atoms with Gasteiger partial charge in [-0.25, -0.2) is 0 Å². The third kappa shape index (κ3) is 3.83. The van der Waals surface area contributed by atoms with Crippen LogP contribution in [0.5, 0.6) is 5.88 Å². The molecule has 2 N–H and O–H groups in total. The zero-order chi connectivity index (χ0) is 21.1. The molecule has 0 saturated heterocycles. The number of ether oxygens (including phenoxy) is 2. The van der Waals surface area contributed by atoms with Crippen molar-refractivity contribution in [3.8, 4) is 5.88 Å². The van der Waals surface area contributed by atoms with E-state index >= 15 is 0 Å². The Morgan fingerprint density at radius 3 is 2.50 bits per heavy atom. The Hall–Kier alpha value is -3.12. The first-order valence-electron chi connectivity index (χ1n) is 10.2. The molecular formula is C24H26N2O4. The minimum atomic E-state index is -1.29. The molecule has 0 spiro atoms. The molecule has 0 radical (unpaired) electrons. The maximum absolute atomic E-state index is 13.0. The summed E-state index contributed by atoms with van der Waals surface area (Å²) in [5, 5.41) is 18.6. The van der Waals surface area contributed by atoms with Crippen LogP contribution in [-0.2, 0) is 22.6 Å². The molecule has 2 aromatic carbocycles. The van der Waals surface area contributed by atoms with Crippen LogP contribution in [0.3, 0.4) is 0 Å². The summed E-state index contributed by atoms with van der Waals surface area (Å²) in [6.07, 6.45) is 0.261. The van der Waals surface area contributed by atoms with Crippen LogP contribution in [0, 0.1) is 5.92 Å².